The third-order valence-electron chi connectivity index (χ3n) is 2.59. The minimum Gasteiger partial charge on any atom is -0.0683 e. The minimum atomic E-state index is 0.275. The van der Waals surface area contributed by atoms with E-state index in [4.69, 9.17) is 0 Å². The van der Waals surface area contributed by atoms with Crippen molar-refractivity contribution in [1.82, 2.24) is 0 Å². The Morgan fingerprint density at radius 2 is 1.60 bits per heavy atom. The molecule has 0 fully saturated rings. The van der Waals surface area contributed by atoms with Crippen LogP contribution in [0.2, 0.25) is 0 Å². The maximum absolute atomic E-state index is 2.32. The lowest BCUT2D eigenvalue weighted by atomic mass is 9.85. The molecule has 0 aliphatic carbocycles. The van der Waals surface area contributed by atoms with Crippen molar-refractivity contribution in [3.05, 3.63) is 34.9 Å². The molecule has 86 valence electrons. The summed E-state index contributed by atoms with van der Waals surface area (Å²) >= 11 is 0. The van der Waals surface area contributed by atoms with Gasteiger partial charge in [-0.25, -0.2) is 0 Å². The lowest BCUT2D eigenvalue weighted by Crippen LogP contribution is -2.11. The Balaban J connectivity index is 0.000000921. The van der Waals surface area contributed by atoms with Crippen molar-refractivity contribution >= 4 is 0 Å². The molecular formula is C15H26. The normalized spacial score (nSPS) is 10.6. The van der Waals surface area contributed by atoms with Gasteiger partial charge in [-0.3, -0.25) is 0 Å². The second-order valence-corrected chi connectivity index (χ2v) is 4.74. The second-order valence-electron chi connectivity index (χ2n) is 4.74. The van der Waals surface area contributed by atoms with E-state index in [9.17, 15) is 0 Å². The fourth-order valence-corrected chi connectivity index (χ4v) is 1.56. The van der Waals surface area contributed by atoms with Gasteiger partial charge in [0.05, 0.1) is 0 Å². The molecule has 0 saturated heterocycles. The lowest BCUT2D eigenvalue weighted by Gasteiger charge is -2.20. The van der Waals surface area contributed by atoms with Crippen LogP contribution in [0.1, 0.15) is 58.2 Å². The Bertz CT molecular complexity index is 289. The molecule has 1 aromatic carbocycles. The van der Waals surface area contributed by atoms with Gasteiger partial charge in [0.1, 0.15) is 0 Å². The molecule has 0 bridgehead atoms. The van der Waals surface area contributed by atoms with E-state index in [0.717, 1.165) is 6.42 Å². The summed E-state index contributed by atoms with van der Waals surface area (Å²) in [6, 6.07) is 6.83. The van der Waals surface area contributed by atoms with Gasteiger partial charge >= 0.3 is 0 Å². The molecule has 0 unspecified atom stereocenters. The van der Waals surface area contributed by atoms with Crippen molar-refractivity contribution in [2.45, 2.75) is 60.3 Å². The maximum atomic E-state index is 2.32. The van der Waals surface area contributed by atoms with Crippen molar-refractivity contribution in [1.29, 1.82) is 0 Å². The van der Waals surface area contributed by atoms with Crippen molar-refractivity contribution in [3.63, 3.8) is 0 Å². The van der Waals surface area contributed by atoms with Crippen molar-refractivity contribution in [2.75, 3.05) is 0 Å². The predicted molar refractivity (Wildman–Crippen MR) is 70.6 cm³/mol. The Morgan fingerprint density at radius 1 is 1.07 bits per heavy atom. The topological polar surface area (TPSA) is 0 Å². The largest absolute Gasteiger partial charge is 0.0683 e. The first-order valence-electron chi connectivity index (χ1n) is 6.05. The molecule has 0 nitrogen and oxygen atoms in total. The number of hydrogen-bond donors (Lipinski definition) is 0. The SMILES string of the molecule is CC.CCc1ccc(C(C)(C)C)cc1C. The number of rotatable bonds is 1. The van der Waals surface area contributed by atoms with E-state index in [1.54, 1.807) is 0 Å². The highest BCUT2D eigenvalue weighted by atomic mass is 14.2. The van der Waals surface area contributed by atoms with Gasteiger partial charge in [-0.15, -0.1) is 0 Å². The lowest BCUT2D eigenvalue weighted by molar-refractivity contribution is 0.589. The molecule has 0 aliphatic rings. The first kappa shape index (κ1) is 14.2. The van der Waals surface area contributed by atoms with Crippen LogP contribution < -0.4 is 0 Å². The molecule has 0 radical (unpaired) electrons. The minimum absolute atomic E-state index is 0.275. The van der Waals surface area contributed by atoms with E-state index >= 15 is 0 Å². The molecule has 0 amide bonds. The van der Waals surface area contributed by atoms with Gasteiger partial charge < -0.3 is 0 Å². The zero-order chi connectivity index (χ0) is 12.1. The molecule has 1 aromatic rings. The Labute approximate surface area is 95.7 Å². The number of benzene rings is 1. The van der Waals surface area contributed by atoms with Crippen molar-refractivity contribution in [2.24, 2.45) is 0 Å². The van der Waals surface area contributed by atoms with Crippen molar-refractivity contribution in [3.8, 4) is 0 Å². The summed E-state index contributed by atoms with van der Waals surface area (Å²) in [6.07, 6.45) is 1.14. The van der Waals surface area contributed by atoms with E-state index in [1.807, 2.05) is 13.8 Å². The molecular weight excluding hydrogens is 180 g/mol. The molecule has 0 atom stereocenters. The van der Waals surface area contributed by atoms with Gasteiger partial charge in [0.2, 0.25) is 0 Å². The van der Waals surface area contributed by atoms with Gasteiger partial charge in [-0.2, -0.15) is 0 Å². The van der Waals surface area contributed by atoms with Gasteiger partial charge in [-0.1, -0.05) is 59.7 Å². The smallest absolute Gasteiger partial charge is 0.0132 e. The van der Waals surface area contributed by atoms with E-state index in [0.29, 0.717) is 0 Å². The van der Waals surface area contributed by atoms with Crippen LogP contribution in [0, 0.1) is 6.92 Å². The highest BCUT2D eigenvalue weighted by Crippen LogP contribution is 2.24. The summed E-state index contributed by atoms with van der Waals surface area (Å²) in [5.74, 6) is 0. The summed E-state index contributed by atoms with van der Waals surface area (Å²) in [4.78, 5) is 0. The highest BCUT2D eigenvalue weighted by Gasteiger charge is 2.13. The van der Waals surface area contributed by atoms with Gasteiger partial charge in [0.25, 0.3) is 0 Å². The van der Waals surface area contributed by atoms with Gasteiger partial charge in [0.15, 0.2) is 0 Å². The zero-order valence-corrected chi connectivity index (χ0v) is 11.4. The van der Waals surface area contributed by atoms with E-state index in [2.05, 4.69) is 52.8 Å². The molecule has 0 aromatic heterocycles. The third-order valence-corrected chi connectivity index (χ3v) is 2.59. The first-order valence-corrected chi connectivity index (χ1v) is 6.05. The van der Waals surface area contributed by atoms with Crippen LogP contribution in [0.25, 0.3) is 0 Å². The van der Waals surface area contributed by atoms with Gasteiger partial charge in [-0.05, 0) is 35.4 Å². The maximum Gasteiger partial charge on any atom is -0.0132 e. The average molecular weight is 206 g/mol. The highest BCUT2D eigenvalue weighted by molar-refractivity contribution is 5.34. The summed E-state index contributed by atoms with van der Waals surface area (Å²) in [7, 11) is 0. The van der Waals surface area contributed by atoms with E-state index < -0.39 is 0 Å². The van der Waals surface area contributed by atoms with Gasteiger partial charge in [0, 0.05) is 0 Å². The average Bonchev–Trinajstić information content (AvgIpc) is 2.19. The second kappa shape index (κ2) is 5.95. The van der Waals surface area contributed by atoms with Crippen LogP contribution in [-0.2, 0) is 11.8 Å². The van der Waals surface area contributed by atoms with Crippen LogP contribution in [0.5, 0.6) is 0 Å². The molecule has 0 saturated carbocycles. The summed E-state index contributed by atoms with van der Waals surface area (Å²) in [6.45, 7) is 15.2. The fraction of sp³-hybridized carbons (Fsp3) is 0.600. The fourth-order valence-electron chi connectivity index (χ4n) is 1.56. The van der Waals surface area contributed by atoms with Crippen LogP contribution in [0.3, 0.4) is 0 Å². The molecule has 0 N–H and O–H groups in total. The zero-order valence-electron chi connectivity index (χ0n) is 11.4. The Hall–Kier alpha value is -0.780. The molecule has 0 heteroatoms. The van der Waals surface area contributed by atoms with Crippen molar-refractivity contribution < 1.29 is 0 Å². The predicted octanol–water partition coefficient (Wildman–Crippen LogP) is 4.88. The molecule has 0 spiro atoms. The summed E-state index contributed by atoms with van der Waals surface area (Å²) < 4.78 is 0. The van der Waals surface area contributed by atoms with Crippen LogP contribution in [0.15, 0.2) is 18.2 Å². The third kappa shape index (κ3) is 4.07. The molecule has 0 aliphatic heterocycles. The number of hydrogen-bond acceptors (Lipinski definition) is 0. The quantitative estimate of drug-likeness (QED) is 0.614. The molecule has 0 heterocycles. The summed E-state index contributed by atoms with van der Waals surface area (Å²) in [5.41, 5.74) is 4.60. The Morgan fingerprint density at radius 3 is 1.93 bits per heavy atom. The van der Waals surface area contributed by atoms with E-state index in [-0.39, 0.29) is 5.41 Å². The van der Waals surface area contributed by atoms with Crippen LogP contribution in [-0.4, -0.2) is 0 Å². The molecule has 15 heavy (non-hydrogen) atoms. The summed E-state index contributed by atoms with van der Waals surface area (Å²) in [5, 5.41) is 0. The monoisotopic (exact) mass is 206 g/mol. The first-order chi connectivity index (χ1) is 6.95. The Kier molecular flexibility index (Phi) is 5.64. The van der Waals surface area contributed by atoms with Crippen LogP contribution in [0.4, 0.5) is 0 Å². The standard InChI is InChI=1S/C13H20.C2H6/c1-6-11-7-8-12(9-10(11)2)13(3,4)5;1-2/h7-9H,6H2,1-5H3;1-2H3. The van der Waals surface area contributed by atoms with Crippen LogP contribution >= 0.6 is 0 Å². The molecule has 1 rings (SSSR count). The van der Waals surface area contributed by atoms with E-state index in [1.165, 1.54) is 16.7 Å². The number of aryl methyl sites for hydroxylation is 2.